The molecule has 1 amide bonds. The Bertz CT molecular complexity index is 523. The second-order valence-electron chi connectivity index (χ2n) is 4.05. The molecule has 18 heavy (non-hydrogen) atoms. The van der Waals surface area contributed by atoms with Crippen molar-refractivity contribution < 1.29 is 4.79 Å². The highest BCUT2D eigenvalue weighted by molar-refractivity contribution is 5.97. The quantitative estimate of drug-likeness (QED) is 0.878. The molecule has 0 spiro atoms. The molecule has 6 nitrogen and oxygen atoms in total. The number of para-hydroxylation sites is 1. The molecule has 1 atom stereocenters. The van der Waals surface area contributed by atoms with Crippen LogP contribution >= 0.6 is 0 Å². The number of tetrazole rings is 1. The van der Waals surface area contributed by atoms with Gasteiger partial charge in [0.05, 0.1) is 11.3 Å². The first-order valence-electron chi connectivity index (χ1n) is 5.85. The highest BCUT2D eigenvalue weighted by Gasteiger charge is 2.14. The van der Waals surface area contributed by atoms with Gasteiger partial charge in [-0.05, 0) is 35.9 Å². The van der Waals surface area contributed by atoms with Crippen LogP contribution in [0.4, 0.5) is 0 Å². The number of carbonyl (C=O) groups is 1. The van der Waals surface area contributed by atoms with E-state index in [1.165, 1.54) is 11.0 Å². The second kappa shape index (κ2) is 5.39. The van der Waals surface area contributed by atoms with Crippen LogP contribution in [-0.4, -0.2) is 32.2 Å². The summed E-state index contributed by atoms with van der Waals surface area (Å²) in [5, 5.41) is 13.9. The maximum atomic E-state index is 12.1. The standard InChI is InChI=1S/C12H15N5O/c1-3-9(2)14-12(18)10-6-4-5-7-11(10)17-8-13-15-16-17/h4-9H,3H2,1-2H3,(H,14,18)/t9-/m0/s1. The molecule has 2 aromatic rings. The minimum atomic E-state index is -0.115. The van der Waals surface area contributed by atoms with Crippen molar-refractivity contribution in [3.05, 3.63) is 36.2 Å². The van der Waals surface area contributed by atoms with Crippen molar-refractivity contribution in [2.75, 3.05) is 0 Å². The van der Waals surface area contributed by atoms with Crippen LogP contribution in [0.1, 0.15) is 30.6 Å². The Morgan fingerprint density at radius 3 is 2.89 bits per heavy atom. The van der Waals surface area contributed by atoms with E-state index in [4.69, 9.17) is 0 Å². The molecular formula is C12H15N5O. The molecule has 0 bridgehead atoms. The third kappa shape index (κ3) is 2.53. The van der Waals surface area contributed by atoms with Crippen LogP contribution in [0.5, 0.6) is 0 Å². The lowest BCUT2D eigenvalue weighted by Gasteiger charge is -2.13. The summed E-state index contributed by atoms with van der Waals surface area (Å²) >= 11 is 0. The monoisotopic (exact) mass is 245 g/mol. The molecule has 0 aliphatic heterocycles. The normalized spacial score (nSPS) is 12.1. The zero-order valence-electron chi connectivity index (χ0n) is 10.4. The first kappa shape index (κ1) is 12.2. The number of aromatic nitrogens is 4. The minimum Gasteiger partial charge on any atom is -0.350 e. The van der Waals surface area contributed by atoms with Crippen LogP contribution in [0.2, 0.25) is 0 Å². The Hall–Kier alpha value is -2.24. The van der Waals surface area contributed by atoms with E-state index >= 15 is 0 Å². The van der Waals surface area contributed by atoms with Crippen LogP contribution in [0, 0.1) is 0 Å². The maximum absolute atomic E-state index is 12.1. The number of amides is 1. The summed E-state index contributed by atoms with van der Waals surface area (Å²) in [4.78, 5) is 12.1. The van der Waals surface area contributed by atoms with E-state index in [1.54, 1.807) is 6.07 Å². The van der Waals surface area contributed by atoms with E-state index in [-0.39, 0.29) is 11.9 Å². The van der Waals surface area contributed by atoms with Crippen LogP contribution < -0.4 is 5.32 Å². The Kier molecular flexibility index (Phi) is 3.66. The summed E-state index contributed by atoms with van der Waals surface area (Å²) in [7, 11) is 0. The van der Waals surface area contributed by atoms with E-state index in [0.29, 0.717) is 11.3 Å². The van der Waals surface area contributed by atoms with Gasteiger partial charge in [-0.2, -0.15) is 4.68 Å². The summed E-state index contributed by atoms with van der Waals surface area (Å²) in [5.41, 5.74) is 1.23. The van der Waals surface area contributed by atoms with E-state index < -0.39 is 0 Å². The minimum absolute atomic E-state index is 0.115. The van der Waals surface area contributed by atoms with Crippen molar-refractivity contribution in [1.82, 2.24) is 25.5 Å². The summed E-state index contributed by atoms with van der Waals surface area (Å²) < 4.78 is 1.48. The molecule has 0 fully saturated rings. The van der Waals surface area contributed by atoms with Crippen molar-refractivity contribution in [2.45, 2.75) is 26.3 Å². The number of nitrogens with zero attached hydrogens (tertiary/aromatic N) is 4. The van der Waals surface area contributed by atoms with Crippen LogP contribution in [0.3, 0.4) is 0 Å². The lowest BCUT2D eigenvalue weighted by Crippen LogP contribution is -2.32. The summed E-state index contributed by atoms with van der Waals surface area (Å²) in [6, 6.07) is 7.37. The lowest BCUT2D eigenvalue weighted by atomic mass is 10.1. The van der Waals surface area contributed by atoms with Crippen LogP contribution in [0.25, 0.3) is 5.69 Å². The second-order valence-corrected chi connectivity index (χ2v) is 4.05. The molecule has 1 aromatic carbocycles. The van der Waals surface area contributed by atoms with Crippen molar-refractivity contribution in [1.29, 1.82) is 0 Å². The Balaban J connectivity index is 2.31. The summed E-state index contributed by atoms with van der Waals surface area (Å²) in [6.07, 6.45) is 2.36. The largest absolute Gasteiger partial charge is 0.350 e. The molecule has 2 rings (SSSR count). The van der Waals surface area contributed by atoms with Gasteiger partial charge < -0.3 is 5.32 Å². The van der Waals surface area contributed by atoms with Gasteiger partial charge >= 0.3 is 0 Å². The third-order valence-electron chi connectivity index (χ3n) is 2.73. The van der Waals surface area contributed by atoms with Gasteiger partial charge in [0.1, 0.15) is 6.33 Å². The number of benzene rings is 1. The molecule has 0 unspecified atom stereocenters. The van der Waals surface area contributed by atoms with Crippen LogP contribution in [0.15, 0.2) is 30.6 Å². The van der Waals surface area contributed by atoms with Crippen molar-refractivity contribution in [2.24, 2.45) is 0 Å². The Morgan fingerprint density at radius 2 is 2.22 bits per heavy atom. The molecule has 1 heterocycles. The van der Waals surface area contributed by atoms with E-state index in [1.807, 2.05) is 32.0 Å². The number of carbonyl (C=O) groups excluding carboxylic acids is 1. The molecule has 0 saturated carbocycles. The van der Waals surface area contributed by atoms with Gasteiger partial charge in [-0.25, -0.2) is 0 Å². The molecule has 94 valence electrons. The number of rotatable bonds is 4. The molecule has 1 aromatic heterocycles. The van der Waals surface area contributed by atoms with E-state index in [9.17, 15) is 4.79 Å². The fourth-order valence-electron chi connectivity index (χ4n) is 1.54. The number of hydrogen-bond donors (Lipinski definition) is 1. The van der Waals surface area contributed by atoms with Crippen LogP contribution in [-0.2, 0) is 0 Å². The molecule has 0 aliphatic rings. The van der Waals surface area contributed by atoms with Crippen molar-refractivity contribution in [3.8, 4) is 5.69 Å². The zero-order chi connectivity index (χ0) is 13.0. The topological polar surface area (TPSA) is 72.7 Å². The SMILES string of the molecule is CC[C@H](C)NC(=O)c1ccccc1-n1cnnn1. The van der Waals surface area contributed by atoms with Gasteiger partial charge in [0.25, 0.3) is 5.91 Å². The first-order chi connectivity index (χ1) is 8.72. The zero-order valence-corrected chi connectivity index (χ0v) is 10.4. The maximum Gasteiger partial charge on any atom is 0.253 e. The molecule has 0 saturated heterocycles. The summed E-state index contributed by atoms with van der Waals surface area (Å²) in [6.45, 7) is 4.00. The predicted molar refractivity (Wildman–Crippen MR) is 66.4 cm³/mol. The Morgan fingerprint density at radius 1 is 1.44 bits per heavy atom. The highest BCUT2D eigenvalue weighted by Crippen LogP contribution is 2.12. The highest BCUT2D eigenvalue weighted by atomic mass is 16.1. The fourth-order valence-corrected chi connectivity index (χ4v) is 1.54. The summed E-state index contributed by atoms with van der Waals surface area (Å²) in [5.74, 6) is -0.115. The molecule has 1 N–H and O–H groups in total. The van der Waals surface area contributed by atoms with Gasteiger partial charge in [0.15, 0.2) is 0 Å². The smallest absolute Gasteiger partial charge is 0.253 e. The molecular weight excluding hydrogens is 230 g/mol. The van der Waals surface area contributed by atoms with Gasteiger partial charge in [-0.3, -0.25) is 4.79 Å². The van der Waals surface area contributed by atoms with Gasteiger partial charge in [-0.15, -0.1) is 5.10 Å². The Labute approximate surface area is 105 Å². The van der Waals surface area contributed by atoms with Gasteiger partial charge in [0.2, 0.25) is 0 Å². The van der Waals surface area contributed by atoms with Gasteiger partial charge in [0, 0.05) is 6.04 Å². The fraction of sp³-hybridized carbons (Fsp3) is 0.333. The number of nitrogens with one attached hydrogen (secondary N) is 1. The average molecular weight is 245 g/mol. The van der Waals surface area contributed by atoms with E-state index in [0.717, 1.165) is 6.42 Å². The van der Waals surface area contributed by atoms with Crippen molar-refractivity contribution in [3.63, 3.8) is 0 Å². The number of hydrogen-bond acceptors (Lipinski definition) is 4. The van der Waals surface area contributed by atoms with Gasteiger partial charge in [-0.1, -0.05) is 19.1 Å². The molecule has 0 radical (unpaired) electrons. The van der Waals surface area contributed by atoms with E-state index in [2.05, 4.69) is 20.8 Å². The third-order valence-corrected chi connectivity index (χ3v) is 2.73. The lowest BCUT2D eigenvalue weighted by molar-refractivity contribution is 0.0939. The molecule has 6 heteroatoms. The average Bonchev–Trinajstić information content (AvgIpc) is 2.92. The van der Waals surface area contributed by atoms with Crippen molar-refractivity contribution >= 4 is 5.91 Å². The predicted octanol–water partition coefficient (Wildman–Crippen LogP) is 1.19. The molecule has 0 aliphatic carbocycles. The first-order valence-corrected chi connectivity index (χ1v) is 5.85.